The fourth-order valence-corrected chi connectivity index (χ4v) is 13.4. The number of hydrogen-bond acceptors (Lipinski definition) is 20. The number of carbonyl (C=O) groups excluding carboxylic acids is 5. The maximum atomic E-state index is 12.4. The van der Waals surface area contributed by atoms with Crippen molar-refractivity contribution in [3.63, 3.8) is 0 Å². The lowest BCUT2D eigenvalue weighted by Crippen LogP contribution is -2.29. The summed E-state index contributed by atoms with van der Waals surface area (Å²) < 4.78 is 92.0. The lowest BCUT2D eigenvalue weighted by Gasteiger charge is -2.19. The second-order valence-electron chi connectivity index (χ2n) is 29.3. The molecule has 0 aliphatic heterocycles. The molecule has 9 N–H and O–H groups in total. The van der Waals surface area contributed by atoms with E-state index in [1.165, 1.54) is 199 Å². The number of hydrogen-bond donors (Lipinski definition) is 8. The van der Waals surface area contributed by atoms with E-state index in [2.05, 4.69) is 54.8 Å². The third kappa shape index (κ3) is 120. The van der Waals surface area contributed by atoms with E-state index in [-0.39, 0.29) is 123 Å². The molecule has 0 aliphatic rings. The van der Waals surface area contributed by atoms with Crippen LogP contribution in [0, 0.1) is 0 Å². The molecule has 3 amide bonds. The van der Waals surface area contributed by atoms with Crippen LogP contribution in [0.3, 0.4) is 0 Å². The summed E-state index contributed by atoms with van der Waals surface area (Å²) in [5.74, 6) is -0.711. The number of phosphoric ester groups is 3. The van der Waals surface area contributed by atoms with Crippen LogP contribution in [0.4, 0.5) is 0 Å². The van der Waals surface area contributed by atoms with Gasteiger partial charge in [0.25, 0.3) is 0 Å². The summed E-state index contributed by atoms with van der Waals surface area (Å²) in [6.45, 7) is 11.0. The van der Waals surface area contributed by atoms with E-state index in [0.717, 1.165) is 144 Å². The largest absolute Gasteiger partial charge is 0.471 e. The molecule has 27 nitrogen and oxygen atoms in total. The number of unbranched alkanes of at least 4 members (excludes halogenated alkanes) is 45. The lowest BCUT2D eigenvalue weighted by atomic mass is 10.0. The van der Waals surface area contributed by atoms with Crippen LogP contribution in [0.2, 0.25) is 0 Å². The molecule has 718 valence electrons. The van der Waals surface area contributed by atoms with Gasteiger partial charge in [-0.2, -0.15) is 59.4 Å². The monoisotopic (exact) mass is 1890 g/mol. The molecule has 0 bridgehead atoms. The second kappa shape index (κ2) is 106. The fourth-order valence-electron chi connectivity index (χ4n) is 11.6. The van der Waals surface area contributed by atoms with Gasteiger partial charge in [0.05, 0.1) is 33.0 Å². The third-order valence-electron chi connectivity index (χ3n) is 18.5. The van der Waals surface area contributed by atoms with Gasteiger partial charge < -0.3 is 60.0 Å². The van der Waals surface area contributed by atoms with E-state index >= 15 is 0 Å². The molecule has 0 radical (unpaired) electrons. The highest BCUT2D eigenvalue weighted by molar-refractivity contribution is 7.51. The van der Waals surface area contributed by atoms with Crippen LogP contribution < -0.4 is 21.7 Å². The Balaban J connectivity index is -0.000000173. The molecular weight excluding hydrogens is 1710 g/mol. The van der Waals surface area contributed by atoms with Gasteiger partial charge in [0.2, 0.25) is 17.7 Å². The maximum absolute atomic E-state index is 12.4. The molecule has 11 unspecified atom stereocenters. The first kappa shape index (κ1) is 139. The van der Waals surface area contributed by atoms with Gasteiger partial charge in [-0.25, -0.2) is 13.7 Å². The molecule has 0 aliphatic carbocycles. The Hall–Kier alpha value is 0.330. The summed E-state index contributed by atoms with van der Waals surface area (Å²) in [6, 6.07) is 0. The van der Waals surface area contributed by atoms with Crippen LogP contribution in [0.5, 0.6) is 0 Å². The van der Waals surface area contributed by atoms with Gasteiger partial charge >= 0.3 is 43.0 Å². The zero-order valence-electron chi connectivity index (χ0n) is 76.1. The minimum atomic E-state index is -3.87. The van der Waals surface area contributed by atoms with Crippen molar-refractivity contribution in [3.8, 4) is 0 Å². The second-order valence-corrected chi connectivity index (χ2v) is 35.8. The standard InChI is InChI=1S/C36H71O7P.C23H48NO5P.C15H31N2O7P.C7H18NO4P.6H3P/c1-4-6-8-10-12-14-16-18-20-22-24-26-28-30-35(37)41-32-34(33-42-44(3,39)40)43-36(38)31-29-27-25-23-21-19-17-15-13-11-9-7-5-2;1-3-4-5-6-7-8-9-10-11-12-13-14-17-20-23(25)24-21-18-15-16-19-22-29-30(26,27)28-2;1-22-13-11-17-15(19)9-7-8-14(18)16-10-5-3-4-6-12-24-25(20,21)23-2;1-11-13(9,10)12-7-5-3-2-4-6-8;;;;;;/h34H,4-33H2,1-3H3,(H,39,40);3-22H2,1-2H3,(H,24,25)(H,26,27);3-13H2,1-2H3,(H,16,18)(H,17,19)(H,20,21);2-8H2,1H3,(H,9,10);6*1H3. The van der Waals surface area contributed by atoms with Crippen molar-refractivity contribution in [2.24, 2.45) is 5.73 Å². The summed E-state index contributed by atoms with van der Waals surface area (Å²) in [4.78, 5) is 95.9. The van der Waals surface area contributed by atoms with E-state index in [0.29, 0.717) is 77.7 Å². The third-order valence-corrected chi connectivity index (χ3v) is 22.0. The topological polar surface area (TPSA) is 389 Å². The smallest absolute Gasteiger partial charge is 0.462 e. The molecule has 0 aromatic carbocycles. The number of esters is 2. The summed E-state index contributed by atoms with van der Waals surface area (Å²) in [5, 5.41) is 8.48. The first-order valence-electron chi connectivity index (χ1n) is 43.7. The van der Waals surface area contributed by atoms with Crippen LogP contribution in [0.1, 0.15) is 387 Å². The highest BCUT2D eigenvalue weighted by Gasteiger charge is 2.23. The van der Waals surface area contributed by atoms with E-state index in [1.807, 2.05) is 0 Å². The summed E-state index contributed by atoms with van der Waals surface area (Å²) in [6.07, 6.45) is 61.2. The predicted molar refractivity (Wildman–Crippen MR) is 518 cm³/mol. The molecule has 0 aromatic heterocycles. The van der Waals surface area contributed by atoms with Gasteiger partial charge in [-0.1, -0.05) is 290 Å². The van der Waals surface area contributed by atoms with Crippen molar-refractivity contribution in [1.29, 1.82) is 0 Å². The number of ether oxygens (including phenoxy) is 3. The van der Waals surface area contributed by atoms with Gasteiger partial charge in [-0.3, -0.25) is 55.7 Å². The number of nitrogens with one attached hydrogen (secondary N) is 3. The van der Waals surface area contributed by atoms with Crippen molar-refractivity contribution < 1.29 is 108 Å². The molecule has 11 atom stereocenters. The maximum Gasteiger partial charge on any atom is 0.471 e. The van der Waals surface area contributed by atoms with Gasteiger partial charge in [0.1, 0.15) is 6.61 Å². The molecular formula is C81H186N4O23P10. The molecule has 37 heteroatoms. The van der Waals surface area contributed by atoms with Crippen LogP contribution in [0.25, 0.3) is 0 Å². The minimum Gasteiger partial charge on any atom is -0.462 e. The van der Waals surface area contributed by atoms with Crippen molar-refractivity contribution >= 4 is 120 Å². The Morgan fingerprint density at radius 2 is 0.559 bits per heavy atom. The average Bonchev–Trinajstić information content (AvgIpc) is 0.909. The highest BCUT2D eigenvalue weighted by Crippen LogP contribution is 2.43. The highest BCUT2D eigenvalue weighted by atomic mass is 31.2. The molecule has 0 aromatic rings. The van der Waals surface area contributed by atoms with Gasteiger partial charge in [-0.05, 0) is 70.8 Å². The Morgan fingerprint density at radius 3 is 0.847 bits per heavy atom. The molecule has 0 saturated carbocycles. The Morgan fingerprint density at radius 1 is 0.305 bits per heavy atom. The van der Waals surface area contributed by atoms with Gasteiger partial charge in [-0.15, -0.1) is 0 Å². The van der Waals surface area contributed by atoms with Crippen molar-refractivity contribution in [2.45, 2.75) is 393 Å². The lowest BCUT2D eigenvalue weighted by molar-refractivity contribution is -0.161. The van der Waals surface area contributed by atoms with E-state index < -0.39 is 43.1 Å². The number of phosphoric acid groups is 3. The number of nitrogens with two attached hydrogens (primary N) is 1. The summed E-state index contributed by atoms with van der Waals surface area (Å²) >= 11 is 0. The van der Waals surface area contributed by atoms with E-state index in [9.17, 15) is 47.1 Å². The summed E-state index contributed by atoms with van der Waals surface area (Å²) in [5.41, 5.74) is 5.30. The number of methoxy groups -OCH3 is 1. The Kier molecular flexibility index (Phi) is 125. The summed E-state index contributed by atoms with van der Waals surface area (Å²) in [7, 11) is -10.2. The molecule has 0 rings (SSSR count). The number of rotatable bonds is 81. The van der Waals surface area contributed by atoms with Crippen LogP contribution in [-0.2, 0) is 88.1 Å². The minimum absolute atomic E-state index is 0. The molecule has 0 heterocycles. The van der Waals surface area contributed by atoms with Gasteiger partial charge in [0, 0.05) is 86.8 Å². The van der Waals surface area contributed by atoms with Crippen molar-refractivity contribution in [2.75, 3.05) is 101 Å². The molecule has 118 heavy (non-hydrogen) atoms. The van der Waals surface area contributed by atoms with E-state index in [1.54, 1.807) is 7.11 Å². The zero-order chi connectivity index (χ0) is 84.0. The Bertz CT molecular complexity index is 2320. The Labute approximate surface area is 739 Å². The number of carbonyl (C=O) groups is 5. The molecule has 0 saturated heterocycles. The fraction of sp³-hybridized carbons (Fsp3) is 0.938. The predicted octanol–water partition coefficient (Wildman–Crippen LogP) is 21.1. The van der Waals surface area contributed by atoms with Crippen molar-refractivity contribution in [1.82, 2.24) is 16.0 Å². The quantitative estimate of drug-likeness (QED) is 0.0159. The van der Waals surface area contributed by atoms with Gasteiger partial charge in [0.15, 0.2) is 6.10 Å². The van der Waals surface area contributed by atoms with Crippen LogP contribution in [-0.4, -0.2) is 156 Å². The SMILES string of the molecule is CCCCCCCCCCCCCCCC(=O)NCCCCCCOP(=O)(O)OC.CCCCCCCCCCCCCCCC(=O)OCC(COP(C)(=O)O)OC(=O)CCCCCCCCCCCCCCC.COCCNC(=O)CCCC(=O)NCCCCCCOP(=O)(O)OC.COP(=O)(O)OCCCCCCN.P.P.P.P.P.P. The van der Waals surface area contributed by atoms with Crippen LogP contribution in [0.15, 0.2) is 0 Å². The normalized spacial score (nSPS) is 12.9. The van der Waals surface area contributed by atoms with E-state index in [4.69, 9.17) is 48.2 Å². The van der Waals surface area contributed by atoms with Crippen molar-refractivity contribution in [3.05, 3.63) is 0 Å². The van der Waals surface area contributed by atoms with Crippen LogP contribution >= 0.6 is 90.5 Å². The first-order valence-corrected chi connectivity index (χ1v) is 50.2. The number of amides is 3. The molecule has 0 fully saturated rings. The molecule has 0 spiro atoms. The average molecular weight is 1890 g/mol. The first-order chi connectivity index (χ1) is 53.8. The zero-order valence-corrected chi connectivity index (χ0v) is 88.2.